The Kier molecular flexibility index (Phi) is 4.73. The molecule has 4 heterocycles. The van der Waals surface area contributed by atoms with Gasteiger partial charge in [-0.1, -0.05) is 55.8 Å². The molecule has 3 aliphatic rings. The van der Waals surface area contributed by atoms with Crippen LogP contribution in [0.1, 0.15) is 41.8 Å². The summed E-state index contributed by atoms with van der Waals surface area (Å²) in [5, 5.41) is 0. The summed E-state index contributed by atoms with van der Waals surface area (Å²) >= 11 is 0. The Hall–Kier alpha value is -2.92. The lowest BCUT2D eigenvalue weighted by atomic mass is 9.78. The molecule has 0 N–H and O–H groups in total. The van der Waals surface area contributed by atoms with Crippen LogP contribution in [0.2, 0.25) is 0 Å². The Balaban J connectivity index is 1.18. The van der Waals surface area contributed by atoms with Crippen molar-refractivity contribution in [3.63, 3.8) is 0 Å². The van der Waals surface area contributed by atoms with Crippen molar-refractivity contribution in [3.05, 3.63) is 82.7 Å². The van der Waals surface area contributed by atoms with E-state index in [0.717, 1.165) is 51.8 Å². The maximum Gasteiger partial charge on any atom is 0.225 e. The summed E-state index contributed by atoms with van der Waals surface area (Å²) in [5.41, 5.74) is 8.05. The molecule has 0 aliphatic carbocycles. The Labute approximate surface area is 196 Å². The first-order chi connectivity index (χ1) is 15.9. The van der Waals surface area contributed by atoms with Crippen LogP contribution in [0.5, 0.6) is 0 Å². The van der Waals surface area contributed by atoms with Crippen LogP contribution in [0.3, 0.4) is 0 Å². The molecule has 33 heavy (non-hydrogen) atoms. The monoisotopic (exact) mass is 440 g/mol. The van der Waals surface area contributed by atoms with Crippen molar-refractivity contribution in [1.29, 1.82) is 0 Å². The fraction of sp³-hybridized carbons (Fsp3) is 0.429. The van der Waals surface area contributed by atoms with Gasteiger partial charge in [-0.05, 0) is 42.2 Å². The molecule has 2 saturated heterocycles. The predicted molar refractivity (Wildman–Crippen MR) is 132 cm³/mol. The number of aromatic nitrogens is 2. The standard InChI is InChI=1S/C28H32N4O/c1-20-4-6-22(7-5-20)27(2,3)23-8-10-24(11-9-23)31-13-12-21-14-29-26(30-25(21)15-31)32-16-28(17-32)18-33-19-28/h4-11,14H,12-13,15-19H2,1-3H3. The minimum atomic E-state index is -0.0249. The van der Waals surface area contributed by atoms with Crippen molar-refractivity contribution in [2.45, 2.75) is 39.2 Å². The summed E-state index contributed by atoms with van der Waals surface area (Å²) < 4.78 is 5.40. The van der Waals surface area contributed by atoms with Gasteiger partial charge in [-0.2, -0.15) is 0 Å². The molecular weight excluding hydrogens is 408 g/mol. The van der Waals surface area contributed by atoms with E-state index in [0.29, 0.717) is 5.41 Å². The molecule has 1 aromatic heterocycles. The largest absolute Gasteiger partial charge is 0.380 e. The average Bonchev–Trinajstić information content (AvgIpc) is 2.77. The number of ether oxygens (including phenoxy) is 1. The number of rotatable bonds is 4. The lowest BCUT2D eigenvalue weighted by molar-refractivity contribution is -0.127. The molecule has 0 atom stereocenters. The van der Waals surface area contributed by atoms with Crippen LogP contribution in [0.4, 0.5) is 11.6 Å². The third kappa shape index (κ3) is 3.59. The second-order valence-electron chi connectivity index (χ2n) is 10.7. The summed E-state index contributed by atoms with van der Waals surface area (Å²) in [7, 11) is 0. The van der Waals surface area contributed by atoms with E-state index in [1.165, 1.54) is 33.6 Å². The van der Waals surface area contributed by atoms with Crippen LogP contribution in [-0.4, -0.2) is 42.8 Å². The van der Waals surface area contributed by atoms with Gasteiger partial charge in [0.15, 0.2) is 0 Å². The van der Waals surface area contributed by atoms with Crippen LogP contribution in [0.25, 0.3) is 0 Å². The summed E-state index contributed by atoms with van der Waals surface area (Å²) in [4.78, 5) is 14.4. The van der Waals surface area contributed by atoms with Crippen molar-refractivity contribution < 1.29 is 4.74 Å². The zero-order valence-electron chi connectivity index (χ0n) is 19.8. The van der Waals surface area contributed by atoms with Crippen molar-refractivity contribution in [2.75, 3.05) is 42.6 Å². The molecule has 0 bridgehead atoms. The second kappa shape index (κ2) is 7.56. The normalized spacial score (nSPS) is 19.1. The van der Waals surface area contributed by atoms with Gasteiger partial charge < -0.3 is 14.5 Å². The highest BCUT2D eigenvalue weighted by atomic mass is 16.5. The molecular formula is C28H32N4O. The van der Waals surface area contributed by atoms with Gasteiger partial charge in [-0.15, -0.1) is 0 Å². The smallest absolute Gasteiger partial charge is 0.225 e. The van der Waals surface area contributed by atoms with Gasteiger partial charge in [0.1, 0.15) is 0 Å². The molecule has 0 saturated carbocycles. The Morgan fingerprint density at radius 2 is 1.58 bits per heavy atom. The number of hydrogen-bond acceptors (Lipinski definition) is 5. The van der Waals surface area contributed by atoms with E-state index in [9.17, 15) is 0 Å². The minimum Gasteiger partial charge on any atom is -0.380 e. The number of benzene rings is 2. The number of hydrogen-bond donors (Lipinski definition) is 0. The molecule has 0 radical (unpaired) electrons. The van der Waals surface area contributed by atoms with E-state index < -0.39 is 0 Å². The highest BCUT2D eigenvalue weighted by Gasteiger charge is 2.50. The van der Waals surface area contributed by atoms with Gasteiger partial charge >= 0.3 is 0 Å². The fourth-order valence-electron chi connectivity index (χ4n) is 5.37. The second-order valence-corrected chi connectivity index (χ2v) is 10.7. The third-order valence-electron chi connectivity index (χ3n) is 7.81. The van der Waals surface area contributed by atoms with Crippen molar-refractivity contribution in [1.82, 2.24) is 9.97 Å². The molecule has 2 fully saturated rings. The predicted octanol–water partition coefficient (Wildman–Crippen LogP) is 4.51. The van der Waals surface area contributed by atoms with Crippen LogP contribution in [0, 0.1) is 12.3 Å². The lowest BCUT2D eigenvalue weighted by Crippen LogP contribution is -2.66. The third-order valence-corrected chi connectivity index (χ3v) is 7.81. The average molecular weight is 441 g/mol. The van der Waals surface area contributed by atoms with Crippen molar-refractivity contribution in [2.24, 2.45) is 5.41 Å². The van der Waals surface area contributed by atoms with Crippen LogP contribution in [-0.2, 0) is 23.1 Å². The zero-order valence-corrected chi connectivity index (χ0v) is 19.8. The molecule has 3 aromatic rings. The van der Waals surface area contributed by atoms with Crippen LogP contribution >= 0.6 is 0 Å². The van der Waals surface area contributed by atoms with Gasteiger partial charge in [0, 0.05) is 36.9 Å². The molecule has 170 valence electrons. The molecule has 0 unspecified atom stereocenters. The first-order valence-electron chi connectivity index (χ1n) is 12.0. The van der Waals surface area contributed by atoms with E-state index in [2.05, 4.69) is 84.1 Å². The Morgan fingerprint density at radius 1 is 0.909 bits per heavy atom. The molecule has 6 rings (SSSR count). The molecule has 3 aliphatic heterocycles. The van der Waals surface area contributed by atoms with Crippen molar-refractivity contribution in [3.8, 4) is 0 Å². The number of nitrogens with zero attached hydrogens (tertiary/aromatic N) is 4. The molecule has 1 spiro atoms. The number of aryl methyl sites for hydroxylation is 1. The van der Waals surface area contributed by atoms with E-state index in [1.54, 1.807) is 0 Å². The maximum atomic E-state index is 5.40. The first-order valence-corrected chi connectivity index (χ1v) is 12.0. The quantitative estimate of drug-likeness (QED) is 0.597. The summed E-state index contributed by atoms with van der Waals surface area (Å²) in [6.07, 6.45) is 3.04. The number of anilines is 2. The molecule has 2 aromatic carbocycles. The number of fused-ring (bicyclic) bond motifs is 1. The van der Waals surface area contributed by atoms with E-state index >= 15 is 0 Å². The van der Waals surface area contributed by atoms with E-state index in [-0.39, 0.29) is 5.41 Å². The lowest BCUT2D eigenvalue weighted by Gasteiger charge is -2.55. The maximum absolute atomic E-state index is 5.40. The molecule has 5 heteroatoms. The van der Waals surface area contributed by atoms with Gasteiger partial charge in [0.05, 0.1) is 30.9 Å². The van der Waals surface area contributed by atoms with Gasteiger partial charge in [-0.3, -0.25) is 0 Å². The van der Waals surface area contributed by atoms with Gasteiger partial charge in [-0.25, -0.2) is 9.97 Å². The Morgan fingerprint density at radius 3 is 2.21 bits per heavy atom. The Bertz CT molecular complexity index is 1160. The summed E-state index contributed by atoms with van der Waals surface area (Å²) in [6.45, 7) is 12.4. The zero-order chi connectivity index (χ0) is 22.6. The fourth-order valence-corrected chi connectivity index (χ4v) is 5.37. The first kappa shape index (κ1) is 20.7. The highest BCUT2D eigenvalue weighted by Crippen LogP contribution is 2.39. The minimum absolute atomic E-state index is 0.0249. The van der Waals surface area contributed by atoms with Gasteiger partial charge in [0.25, 0.3) is 0 Å². The molecule has 5 nitrogen and oxygen atoms in total. The van der Waals surface area contributed by atoms with E-state index in [4.69, 9.17) is 9.72 Å². The topological polar surface area (TPSA) is 41.5 Å². The summed E-state index contributed by atoms with van der Waals surface area (Å²) in [5.74, 6) is 0.878. The van der Waals surface area contributed by atoms with Crippen LogP contribution < -0.4 is 9.80 Å². The van der Waals surface area contributed by atoms with Crippen LogP contribution in [0.15, 0.2) is 54.7 Å². The van der Waals surface area contributed by atoms with Gasteiger partial charge in [0.2, 0.25) is 5.95 Å². The SMILES string of the molecule is Cc1ccc(C(C)(C)c2ccc(N3CCc4cnc(N5CC6(COC6)C5)nc4C3)cc2)cc1. The molecule has 0 amide bonds. The summed E-state index contributed by atoms with van der Waals surface area (Å²) in [6, 6.07) is 18.0. The van der Waals surface area contributed by atoms with E-state index in [1.807, 2.05) is 6.20 Å². The highest BCUT2D eigenvalue weighted by molar-refractivity contribution is 5.52. The van der Waals surface area contributed by atoms with Crippen molar-refractivity contribution >= 4 is 11.6 Å².